The zero-order valence-corrected chi connectivity index (χ0v) is 18.5. The van der Waals surface area contributed by atoms with E-state index in [9.17, 15) is 14.9 Å². The van der Waals surface area contributed by atoms with E-state index >= 15 is 0 Å². The molecule has 0 aliphatic heterocycles. The molecule has 0 bridgehead atoms. The van der Waals surface area contributed by atoms with Gasteiger partial charge in [-0.1, -0.05) is 39.0 Å². The number of nitriles is 1. The summed E-state index contributed by atoms with van der Waals surface area (Å²) < 4.78 is 16.0. The fraction of sp³-hybridized carbons (Fsp3) is 0.320. The van der Waals surface area contributed by atoms with Crippen molar-refractivity contribution in [3.8, 4) is 17.6 Å². The van der Waals surface area contributed by atoms with Crippen LogP contribution < -0.4 is 9.47 Å². The Kier molecular flexibility index (Phi) is 7.98. The van der Waals surface area contributed by atoms with Crippen molar-refractivity contribution in [2.75, 3.05) is 13.2 Å². The second-order valence-corrected chi connectivity index (χ2v) is 7.75. The Bertz CT molecular complexity index is 1010. The third-order valence-corrected chi connectivity index (χ3v) is 4.38. The largest absolute Gasteiger partial charge is 0.490 e. The van der Waals surface area contributed by atoms with Crippen LogP contribution in [0.2, 0.25) is 0 Å². The van der Waals surface area contributed by atoms with Crippen LogP contribution in [-0.2, 0) is 14.9 Å². The minimum absolute atomic E-state index is 0.0141. The van der Waals surface area contributed by atoms with Gasteiger partial charge in [0.2, 0.25) is 0 Å². The number of carbonyl (C=O) groups is 2. The van der Waals surface area contributed by atoms with Crippen molar-refractivity contribution in [3.63, 3.8) is 0 Å². The van der Waals surface area contributed by atoms with Crippen LogP contribution in [0, 0.1) is 11.3 Å². The first-order chi connectivity index (χ1) is 14.7. The van der Waals surface area contributed by atoms with Gasteiger partial charge in [0.05, 0.1) is 18.8 Å². The van der Waals surface area contributed by atoms with Crippen LogP contribution in [0.3, 0.4) is 0 Å². The monoisotopic (exact) mass is 421 g/mol. The number of hydrogen-bond acceptors (Lipinski definition) is 6. The number of hydrogen-bond donors (Lipinski definition) is 0. The molecule has 0 saturated carbocycles. The summed E-state index contributed by atoms with van der Waals surface area (Å²) in [5.41, 5.74) is 1.94. The fourth-order valence-electron chi connectivity index (χ4n) is 2.74. The van der Waals surface area contributed by atoms with Gasteiger partial charge < -0.3 is 14.2 Å². The highest BCUT2D eigenvalue weighted by Crippen LogP contribution is 2.30. The van der Waals surface area contributed by atoms with Crippen LogP contribution >= 0.6 is 0 Å². The van der Waals surface area contributed by atoms with Gasteiger partial charge in [-0.05, 0) is 60.7 Å². The molecule has 0 N–H and O–H groups in total. The highest BCUT2D eigenvalue weighted by atomic mass is 16.6. The Morgan fingerprint density at radius 1 is 1.00 bits per heavy atom. The summed E-state index contributed by atoms with van der Waals surface area (Å²) in [6.45, 7) is 10.3. The molecule has 6 nitrogen and oxygen atoms in total. The quantitative estimate of drug-likeness (QED) is 0.268. The molecule has 0 amide bonds. The molecule has 0 spiro atoms. The molecule has 0 heterocycles. The predicted octanol–water partition coefficient (Wildman–Crippen LogP) is 5.07. The van der Waals surface area contributed by atoms with E-state index in [-0.39, 0.29) is 23.3 Å². The van der Waals surface area contributed by atoms with E-state index in [0.29, 0.717) is 23.5 Å². The maximum absolute atomic E-state index is 12.6. The molecule has 0 aliphatic rings. The van der Waals surface area contributed by atoms with Crippen LogP contribution in [0.4, 0.5) is 0 Å². The Balaban J connectivity index is 2.28. The number of ether oxygens (including phenoxy) is 3. The average Bonchev–Trinajstić information content (AvgIpc) is 2.73. The molecular formula is C25H27NO5. The Morgan fingerprint density at radius 2 is 1.68 bits per heavy atom. The molecule has 0 unspecified atom stereocenters. The van der Waals surface area contributed by atoms with Gasteiger partial charge >= 0.3 is 11.9 Å². The Morgan fingerprint density at radius 3 is 2.23 bits per heavy atom. The third-order valence-electron chi connectivity index (χ3n) is 4.38. The molecule has 6 heteroatoms. The first-order valence-electron chi connectivity index (χ1n) is 10.1. The number of benzene rings is 2. The summed E-state index contributed by atoms with van der Waals surface area (Å²) in [6, 6.07) is 13.9. The summed E-state index contributed by atoms with van der Waals surface area (Å²) in [6.07, 6.45) is 1.40. The van der Waals surface area contributed by atoms with Gasteiger partial charge in [-0.2, -0.15) is 5.26 Å². The first kappa shape index (κ1) is 23.7. The summed E-state index contributed by atoms with van der Waals surface area (Å²) in [5.74, 6) is -0.623. The third kappa shape index (κ3) is 6.45. The van der Waals surface area contributed by atoms with E-state index < -0.39 is 11.9 Å². The van der Waals surface area contributed by atoms with Crippen LogP contribution in [0.25, 0.3) is 6.08 Å². The summed E-state index contributed by atoms with van der Waals surface area (Å²) in [4.78, 5) is 24.4. The molecule has 2 aromatic rings. The van der Waals surface area contributed by atoms with E-state index in [1.807, 2.05) is 18.2 Å². The average molecular weight is 421 g/mol. The summed E-state index contributed by atoms with van der Waals surface area (Å²) in [5, 5.41) is 9.21. The van der Waals surface area contributed by atoms with Crippen LogP contribution in [0.1, 0.15) is 56.1 Å². The minimum atomic E-state index is -0.697. The van der Waals surface area contributed by atoms with Crippen molar-refractivity contribution in [1.82, 2.24) is 0 Å². The van der Waals surface area contributed by atoms with E-state index in [0.717, 1.165) is 5.56 Å². The number of nitrogens with zero attached hydrogens (tertiary/aromatic N) is 1. The topological polar surface area (TPSA) is 85.6 Å². The zero-order valence-electron chi connectivity index (χ0n) is 18.5. The lowest BCUT2D eigenvalue weighted by Crippen LogP contribution is -2.13. The van der Waals surface area contributed by atoms with E-state index in [1.165, 1.54) is 6.08 Å². The van der Waals surface area contributed by atoms with Gasteiger partial charge in [0.1, 0.15) is 11.6 Å². The smallest absolute Gasteiger partial charge is 0.348 e. The number of carbonyl (C=O) groups excluding carboxylic acids is 2. The number of esters is 2. The Hall–Kier alpha value is -3.59. The van der Waals surface area contributed by atoms with Crippen LogP contribution in [-0.4, -0.2) is 25.2 Å². The molecule has 0 aliphatic carbocycles. The maximum atomic E-state index is 12.6. The Labute approximate surface area is 183 Å². The molecule has 2 aromatic carbocycles. The van der Waals surface area contributed by atoms with Gasteiger partial charge in [0.25, 0.3) is 0 Å². The van der Waals surface area contributed by atoms with E-state index in [1.54, 1.807) is 44.2 Å². The molecular weight excluding hydrogens is 394 g/mol. The number of rotatable bonds is 7. The van der Waals surface area contributed by atoms with Crippen LogP contribution in [0.15, 0.2) is 48.0 Å². The standard InChI is InChI=1S/C25H27NO5/c1-6-29-22-15-17(14-19(16-26)23(27)30-7-2)8-13-21(22)31-24(28)18-9-11-20(12-10-18)25(3,4)5/h8-15H,6-7H2,1-5H3. The molecule has 0 atom stereocenters. The normalized spacial score (nSPS) is 11.4. The SMILES string of the molecule is CCOC(=O)C(C#N)=Cc1ccc(OC(=O)c2ccc(C(C)(C)C)cc2)c(OCC)c1. The van der Waals surface area contributed by atoms with Gasteiger partial charge in [-0.25, -0.2) is 9.59 Å². The molecule has 0 aromatic heterocycles. The zero-order chi connectivity index (χ0) is 23.0. The van der Waals surface area contributed by atoms with Gasteiger partial charge in [-0.3, -0.25) is 0 Å². The highest BCUT2D eigenvalue weighted by molar-refractivity contribution is 5.98. The molecule has 0 radical (unpaired) electrons. The van der Waals surface area contributed by atoms with Gasteiger partial charge in [-0.15, -0.1) is 0 Å². The van der Waals surface area contributed by atoms with E-state index in [2.05, 4.69) is 20.8 Å². The van der Waals surface area contributed by atoms with Crippen molar-refractivity contribution >= 4 is 18.0 Å². The van der Waals surface area contributed by atoms with Crippen molar-refractivity contribution < 1.29 is 23.8 Å². The summed E-state index contributed by atoms with van der Waals surface area (Å²) >= 11 is 0. The molecule has 2 rings (SSSR count). The molecule has 162 valence electrons. The molecule has 0 fully saturated rings. The van der Waals surface area contributed by atoms with Gasteiger partial charge in [0, 0.05) is 0 Å². The van der Waals surface area contributed by atoms with E-state index in [4.69, 9.17) is 14.2 Å². The first-order valence-corrected chi connectivity index (χ1v) is 10.1. The summed E-state index contributed by atoms with van der Waals surface area (Å²) in [7, 11) is 0. The van der Waals surface area contributed by atoms with Crippen molar-refractivity contribution in [2.45, 2.75) is 40.0 Å². The van der Waals surface area contributed by atoms with Crippen molar-refractivity contribution in [3.05, 3.63) is 64.7 Å². The van der Waals surface area contributed by atoms with Crippen LogP contribution in [0.5, 0.6) is 11.5 Å². The molecule has 0 saturated heterocycles. The highest BCUT2D eigenvalue weighted by Gasteiger charge is 2.17. The lowest BCUT2D eigenvalue weighted by Gasteiger charge is -2.19. The lowest BCUT2D eigenvalue weighted by molar-refractivity contribution is -0.137. The van der Waals surface area contributed by atoms with Crippen molar-refractivity contribution in [2.24, 2.45) is 0 Å². The lowest BCUT2D eigenvalue weighted by atomic mass is 9.87. The second kappa shape index (κ2) is 10.4. The van der Waals surface area contributed by atoms with Gasteiger partial charge in [0.15, 0.2) is 11.5 Å². The maximum Gasteiger partial charge on any atom is 0.348 e. The second-order valence-electron chi connectivity index (χ2n) is 7.75. The predicted molar refractivity (Wildman–Crippen MR) is 118 cm³/mol. The minimum Gasteiger partial charge on any atom is -0.490 e. The fourth-order valence-corrected chi connectivity index (χ4v) is 2.74. The molecule has 31 heavy (non-hydrogen) atoms. The van der Waals surface area contributed by atoms with Crippen molar-refractivity contribution in [1.29, 1.82) is 5.26 Å².